The molecule has 6 heteroatoms. The highest BCUT2D eigenvalue weighted by Gasteiger charge is 2.34. The summed E-state index contributed by atoms with van der Waals surface area (Å²) in [5.41, 5.74) is -0.676. The van der Waals surface area contributed by atoms with Crippen LogP contribution < -0.4 is 5.32 Å². The van der Waals surface area contributed by atoms with Crippen LogP contribution in [0.2, 0.25) is 0 Å². The molecule has 0 heterocycles. The molecular formula is C13H23NO5. The van der Waals surface area contributed by atoms with Crippen molar-refractivity contribution in [3.05, 3.63) is 0 Å². The minimum absolute atomic E-state index is 0.388. The molecule has 0 fully saturated rings. The molecular weight excluding hydrogens is 250 g/mol. The largest absolute Gasteiger partial charge is 0.467 e. The average molecular weight is 273 g/mol. The Morgan fingerprint density at radius 2 is 1.74 bits per heavy atom. The third-order valence-electron chi connectivity index (χ3n) is 2.46. The van der Waals surface area contributed by atoms with Gasteiger partial charge in [0.25, 0.3) is 0 Å². The molecule has 0 aromatic carbocycles. The number of hydrogen-bond donors (Lipinski definition) is 1. The van der Waals surface area contributed by atoms with Crippen LogP contribution in [-0.4, -0.2) is 37.1 Å². The summed E-state index contributed by atoms with van der Waals surface area (Å²) in [6, 6.07) is -0.987. The Bertz CT molecular complexity index is 345. The zero-order valence-electron chi connectivity index (χ0n) is 12.4. The summed E-state index contributed by atoms with van der Waals surface area (Å²) in [6.45, 7) is 8.20. The Kier molecular flexibility index (Phi) is 6.52. The van der Waals surface area contributed by atoms with Crippen LogP contribution >= 0.6 is 0 Å². The lowest BCUT2D eigenvalue weighted by Crippen LogP contribution is -2.50. The summed E-state index contributed by atoms with van der Waals surface area (Å²) in [6.07, 6.45) is -0.356. The maximum atomic E-state index is 11.8. The Morgan fingerprint density at radius 3 is 2.05 bits per heavy atom. The quantitative estimate of drug-likeness (QED) is 0.757. The van der Waals surface area contributed by atoms with Crippen molar-refractivity contribution < 1.29 is 23.9 Å². The first-order valence-corrected chi connectivity index (χ1v) is 6.19. The second-order valence-corrected chi connectivity index (χ2v) is 5.30. The maximum Gasteiger partial charge on any atom is 0.332 e. The molecule has 0 saturated carbocycles. The van der Waals surface area contributed by atoms with E-state index >= 15 is 0 Å². The number of ether oxygens (including phenoxy) is 2. The highest BCUT2D eigenvalue weighted by Crippen LogP contribution is 2.18. The number of esters is 2. The minimum atomic E-state index is -0.987. The van der Waals surface area contributed by atoms with Crippen molar-refractivity contribution in [2.24, 2.45) is 5.41 Å². The molecule has 2 atom stereocenters. The predicted octanol–water partition coefficient (Wildman–Crippen LogP) is 1.03. The van der Waals surface area contributed by atoms with Gasteiger partial charge in [0.2, 0.25) is 5.91 Å². The van der Waals surface area contributed by atoms with Gasteiger partial charge in [-0.1, -0.05) is 6.92 Å². The third kappa shape index (κ3) is 5.72. The van der Waals surface area contributed by atoms with E-state index in [0.717, 1.165) is 0 Å². The molecule has 0 spiro atoms. The highest BCUT2D eigenvalue weighted by atomic mass is 16.6. The smallest absolute Gasteiger partial charge is 0.332 e. The third-order valence-corrected chi connectivity index (χ3v) is 2.46. The van der Waals surface area contributed by atoms with Crippen LogP contribution in [0.3, 0.4) is 0 Å². The van der Waals surface area contributed by atoms with Crippen molar-refractivity contribution in [2.75, 3.05) is 7.11 Å². The Hall–Kier alpha value is -1.59. The molecule has 0 rings (SSSR count). The maximum absolute atomic E-state index is 11.8. The number of carbonyl (C=O) groups excluding carboxylic acids is 3. The van der Waals surface area contributed by atoms with Crippen molar-refractivity contribution in [1.29, 1.82) is 0 Å². The second kappa shape index (κ2) is 7.11. The van der Waals surface area contributed by atoms with Gasteiger partial charge in [0.05, 0.1) is 12.5 Å². The van der Waals surface area contributed by atoms with Crippen molar-refractivity contribution >= 4 is 17.8 Å². The van der Waals surface area contributed by atoms with Gasteiger partial charge in [-0.25, -0.2) is 4.79 Å². The van der Waals surface area contributed by atoms with Gasteiger partial charge in [-0.3, -0.25) is 9.59 Å². The van der Waals surface area contributed by atoms with Gasteiger partial charge in [-0.05, 0) is 27.2 Å². The zero-order valence-corrected chi connectivity index (χ0v) is 12.4. The Labute approximate surface area is 113 Å². The standard InChI is InChI=1S/C13H23NO5/c1-7-9(19-12(17)13(3,4)5)10(11(16)18-6)14-8(2)15/h9-10H,7H2,1-6H3,(H,14,15)/t9-,10+/m1/s1. The second-order valence-electron chi connectivity index (χ2n) is 5.30. The van der Waals surface area contributed by atoms with E-state index in [1.807, 2.05) is 0 Å². The molecule has 0 unspecified atom stereocenters. The van der Waals surface area contributed by atoms with Gasteiger partial charge < -0.3 is 14.8 Å². The number of amides is 1. The van der Waals surface area contributed by atoms with E-state index in [1.54, 1.807) is 27.7 Å². The summed E-state index contributed by atoms with van der Waals surface area (Å²) >= 11 is 0. The lowest BCUT2D eigenvalue weighted by atomic mass is 9.97. The van der Waals surface area contributed by atoms with E-state index in [-0.39, 0.29) is 5.91 Å². The van der Waals surface area contributed by atoms with Crippen molar-refractivity contribution in [3.63, 3.8) is 0 Å². The normalized spacial score (nSPS) is 14.2. The molecule has 0 aliphatic heterocycles. The van der Waals surface area contributed by atoms with Gasteiger partial charge in [0.15, 0.2) is 6.04 Å². The van der Waals surface area contributed by atoms with Gasteiger partial charge in [0, 0.05) is 6.92 Å². The van der Waals surface area contributed by atoms with Crippen molar-refractivity contribution in [3.8, 4) is 0 Å². The van der Waals surface area contributed by atoms with E-state index in [1.165, 1.54) is 14.0 Å². The van der Waals surface area contributed by atoms with Crippen LogP contribution in [0.25, 0.3) is 0 Å². The summed E-state index contributed by atoms with van der Waals surface area (Å²) in [7, 11) is 1.22. The molecule has 6 nitrogen and oxygen atoms in total. The highest BCUT2D eigenvalue weighted by molar-refractivity contribution is 5.84. The SMILES string of the molecule is CC[C@@H](OC(=O)C(C)(C)C)[C@H](NC(C)=O)C(=O)OC. The summed E-state index contributed by atoms with van der Waals surface area (Å²) in [5, 5.41) is 2.45. The number of carbonyl (C=O) groups is 3. The Morgan fingerprint density at radius 1 is 1.21 bits per heavy atom. The number of methoxy groups -OCH3 is 1. The first-order valence-electron chi connectivity index (χ1n) is 6.19. The molecule has 1 amide bonds. The number of nitrogens with one attached hydrogen (secondary N) is 1. The topological polar surface area (TPSA) is 81.7 Å². The van der Waals surface area contributed by atoms with Crippen molar-refractivity contribution in [1.82, 2.24) is 5.32 Å². The minimum Gasteiger partial charge on any atom is -0.467 e. The molecule has 0 bridgehead atoms. The van der Waals surface area contributed by atoms with E-state index in [4.69, 9.17) is 4.74 Å². The number of hydrogen-bond acceptors (Lipinski definition) is 5. The fourth-order valence-corrected chi connectivity index (χ4v) is 1.35. The van der Waals surface area contributed by atoms with E-state index < -0.39 is 29.5 Å². The van der Waals surface area contributed by atoms with E-state index in [9.17, 15) is 14.4 Å². The molecule has 0 aromatic rings. The van der Waals surface area contributed by atoms with Gasteiger partial charge in [-0.15, -0.1) is 0 Å². The van der Waals surface area contributed by atoms with Gasteiger partial charge >= 0.3 is 11.9 Å². The van der Waals surface area contributed by atoms with Gasteiger partial charge in [-0.2, -0.15) is 0 Å². The Balaban J connectivity index is 4.98. The van der Waals surface area contributed by atoms with Gasteiger partial charge in [0.1, 0.15) is 6.10 Å². The average Bonchev–Trinajstić information content (AvgIpc) is 2.30. The van der Waals surface area contributed by atoms with Crippen LogP contribution in [0.1, 0.15) is 41.0 Å². The summed E-state index contributed by atoms with van der Waals surface area (Å²) in [5.74, 6) is -1.46. The van der Waals surface area contributed by atoms with Crippen LogP contribution in [0.4, 0.5) is 0 Å². The fraction of sp³-hybridized carbons (Fsp3) is 0.769. The molecule has 0 aliphatic rings. The lowest BCUT2D eigenvalue weighted by molar-refractivity contribution is -0.165. The van der Waals surface area contributed by atoms with E-state index in [2.05, 4.69) is 10.1 Å². The summed E-state index contributed by atoms with van der Waals surface area (Å²) < 4.78 is 9.91. The first kappa shape index (κ1) is 17.4. The van der Waals surface area contributed by atoms with E-state index in [0.29, 0.717) is 6.42 Å². The molecule has 110 valence electrons. The molecule has 0 saturated heterocycles. The first-order chi connectivity index (χ1) is 8.63. The van der Waals surface area contributed by atoms with Crippen LogP contribution in [0.5, 0.6) is 0 Å². The predicted molar refractivity (Wildman–Crippen MR) is 69.2 cm³/mol. The molecule has 0 aliphatic carbocycles. The summed E-state index contributed by atoms with van der Waals surface area (Å²) in [4.78, 5) is 34.6. The van der Waals surface area contributed by atoms with Crippen LogP contribution in [0, 0.1) is 5.41 Å². The number of rotatable bonds is 5. The lowest BCUT2D eigenvalue weighted by Gasteiger charge is -2.27. The van der Waals surface area contributed by atoms with Crippen LogP contribution in [0.15, 0.2) is 0 Å². The zero-order chi connectivity index (χ0) is 15.2. The molecule has 0 radical (unpaired) electrons. The van der Waals surface area contributed by atoms with Crippen molar-refractivity contribution in [2.45, 2.75) is 53.2 Å². The molecule has 1 N–H and O–H groups in total. The molecule has 19 heavy (non-hydrogen) atoms. The van der Waals surface area contributed by atoms with Crippen LogP contribution in [-0.2, 0) is 23.9 Å². The molecule has 0 aromatic heterocycles. The monoisotopic (exact) mass is 273 g/mol. The fourth-order valence-electron chi connectivity index (χ4n) is 1.35.